The van der Waals surface area contributed by atoms with Gasteiger partial charge >= 0.3 is 0 Å². The molecule has 0 aromatic heterocycles. The van der Waals surface area contributed by atoms with E-state index in [-0.39, 0.29) is 12.1 Å². The van der Waals surface area contributed by atoms with Crippen LogP contribution in [0.25, 0.3) is 0 Å². The van der Waals surface area contributed by atoms with Crippen molar-refractivity contribution >= 4 is 0 Å². The molecule has 2 nitrogen and oxygen atoms in total. The second-order valence-electron chi connectivity index (χ2n) is 4.25. The molecule has 0 bridgehead atoms. The minimum Gasteiger partial charge on any atom is -0.392 e. The van der Waals surface area contributed by atoms with E-state index in [1.54, 1.807) is 23.1 Å². The summed E-state index contributed by atoms with van der Waals surface area (Å²) in [5, 5.41) is 9.28. The minimum atomic E-state index is -2.84. The standard InChI is InChI=1S/C12H15F2NO/c13-12(14,10-4-2-1-3-5-10)9-15-7-6-11(16)8-15/h1-5,11,16H,6-9H2/t11-/m0/s1. The van der Waals surface area contributed by atoms with Crippen molar-refractivity contribution in [3.05, 3.63) is 35.9 Å². The molecule has 0 amide bonds. The molecule has 88 valence electrons. The molecule has 16 heavy (non-hydrogen) atoms. The first-order valence-electron chi connectivity index (χ1n) is 5.42. The number of alkyl halides is 2. The van der Waals surface area contributed by atoms with Crippen LogP contribution in [0.4, 0.5) is 8.78 Å². The molecule has 1 aromatic rings. The van der Waals surface area contributed by atoms with Gasteiger partial charge in [0.05, 0.1) is 12.6 Å². The average molecular weight is 227 g/mol. The van der Waals surface area contributed by atoms with Crippen LogP contribution in [0.5, 0.6) is 0 Å². The molecule has 1 aromatic carbocycles. The number of halogens is 2. The number of likely N-dealkylation sites (tertiary alicyclic amines) is 1. The Morgan fingerprint density at radius 1 is 1.31 bits per heavy atom. The van der Waals surface area contributed by atoms with Crippen molar-refractivity contribution < 1.29 is 13.9 Å². The number of aliphatic hydroxyl groups is 1. The summed E-state index contributed by atoms with van der Waals surface area (Å²) in [6.45, 7) is 0.583. The summed E-state index contributed by atoms with van der Waals surface area (Å²) >= 11 is 0. The predicted octanol–water partition coefficient (Wildman–Crippen LogP) is 1.85. The van der Waals surface area contributed by atoms with Gasteiger partial charge < -0.3 is 5.11 Å². The summed E-state index contributed by atoms with van der Waals surface area (Å²) in [6.07, 6.45) is 0.136. The molecule has 0 saturated carbocycles. The van der Waals surface area contributed by atoms with Gasteiger partial charge in [-0.05, 0) is 6.42 Å². The number of β-amino-alcohol motifs (C(OH)–C–C–N with tert-alkyl or cyclic N) is 1. The number of hydrogen-bond acceptors (Lipinski definition) is 2. The summed E-state index contributed by atoms with van der Waals surface area (Å²) in [7, 11) is 0. The van der Waals surface area contributed by atoms with Gasteiger partial charge in [0.2, 0.25) is 0 Å². The van der Waals surface area contributed by atoms with E-state index in [1.165, 1.54) is 12.1 Å². The third-order valence-corrected chi connectivity index (χ3v) is 2.87. The number of benzene rings is 1. The van der Waals surface area contributed by atoms with E-state index >= 15 is 0 Å². The summed E-state index contributed by atoms with van der Waals surface area (Å²) in [5.41, 5.74) is 0.0383. The van der Waals surface area contributed by atoms with Crippen molar-refractivity contribution in [1.82, 2.24) is 4.90 Å². The molecule has 0 spiro atoms. The lowest BCUT2D eigenvalue weighted by Gasteiger charge is -2.23. The highest BCUT2D eigenvalue weighted by molar-refractivity contribution is 5.20. The van der Waals surface area contributed by atoms with E-state index in [2.05, 4.69) is 0 Å². The normalized spacial score (nSPS) is 22.6. The quantitative estimate of drug-likeness (QED) is 0.851. The zero-order chi connectivity index (χ0) is 11.6. The van der Waals surface area contributed by atoms with E-state index in [0.717, 1.165) is 0 Å². The SMILES string of the molecule is O[C@H]1CCN(CC(F)(F)c2ccccc2)C1. The number of aliphatic hydroxyl groups excluding tert-OH is 1. The number of hydrogen-bond donors (Lipinski definition) is 1. The van der Waals surface area contributed by atoms with Gasteiger partial charge in [0.15, 0.2) is 0 Å². The first kappa shape index (κ1) is 11.5. The fourth-order valence-corrected chi connectivity index (χ4v) is 2.01. The Labute approximate surface area is 93.5 Å². The second kappa shape index (κ2) is 4.47. The molecule has 1 aliphatic rings. The Hall–Kier alpha value is -1.00. The van der Waals surface area contributed by atoms with Gasteiger partial charge in [-0.15, -0.1) is 0 Å². The van der Waals surface area contributed by atoms with Crippen LogP contribution in [-0.4, -0.2) is 35.7 Å². The lowest BCUT2D eigenvalue weighted by atomic mass is 10.1. The predicted molar refractivity (Wildman–Crippen MR) is 57.4 cm³/mol. The molecule has 1 fully saturated rings. The summed E-state index contributed by atoms with van der Waals surface area (Å²) < 4.78 is 27.6. The van der Waals surface area contributed by atoms with Crippen LogP contribution in [0.2, 0.25) is 0 Å². The van der Waals surface area contributed by atoms with Crippen LogP contribution in [-0.2, 0) is 5.92 Å². The van der Waals surface area contributed by atoms with Gasteiger partial charge in [0.1, 0.15) is 0 Å². The van der Waals surface area contributed by atoms with Crippen LogP contribution in [0, 0.1) is 0 Å². The fourth-order valence-electron chi connectivity index (χ4n) is 2.01. The van der Waals surface area contributed by atoms with E-state index < -0.39 is 12.0 Å². The molecular formula is C12H15F2NO. The lowest BCUT2D eigenvalue weighted by molar-refractivity contribution is -0.0347. The van der Waals surface area contributed by atoms with E-state index in [9.17, 15) is 13.9 Å². The highest BCUT2D eigenvalue weighted by Gasteiger charge is 2.35. The van der Waals surface area contributed by atoms with Crippen molar-refractivity contribution in [2.75, 3.05) is 19.6 Å². The minimum absolute atomic E-state index is 0.0383. The van der Waals surface area contributed by atoms with Crippen LogP contribution in [0.1, 0.15) is 12.0 Å². The van der Waals surface area contributed by atoms with Crippen LogP contribution >= 0.6 is 0 Å². The first-order valence-corrected chi connectivity index (χ1v) is 5.42. The second-order valence-corrected chi connectivity index (χ2v) is 4.25. The smallest absolute Gasteiger partial charge is 0.285 e. The van der Waals surface area contributed by atoms with E-state index in [4.69, 9.17) is 0 Å². The summed E-state index contributed by atoms with van der Waals surface area (Å²) in [6, 6.07) is 7.82. The molecule has 0 unspecified atom stereocenters. The van der Waals surface area contributed by atoms with Crippen LogP contribution in [0.15, 0.2) is 30.3 Å². The average Bonchev–Trinajstić information content (AvgIpc) is 2.64. The zero-order valence-electron chi connectivity index (χ0n) is 8.94. The molecule has 1 saturated heterocycles. The molecule has 1 aliphatic heterocycles. The van der Waals surface area contributed by atoms with Crippen molar-refractivity contribution in [3.8, 4) is 0 Å². The molecule has 4 heteroatoms. The number of nitrogens with zero attached hydrogens (tertiary/aromatic N) is 1. The Bertz CT molecular complexity index is 342. The van der Waals surface area contributed by atoms with Crippen molar-refractivity contribution in [1.29, 1.82) is 0 Å². The van der Waals surface area contributed by atoms with Crippen molar-refractivity contribution in [2.45, 2.75) is 18.4 Å². The van der Waals surface area contributed by atoms with Gasteiger partial charge in [-0.25, -0.2) is 0 Å². The Balaban J connectivity index is 2.03. The molecule has 1 heterocycles. The molecular weight excluding hydrogens is 212 g/mol. The van der Waals surface area contributed by atoms with Gasteiger partial charge in [-0.2, -0.15) is 8.78 Å². The summed E-state index contributed by atoms with van der Waals surface area (Å²) in [4.78, 5) is 1.61. The molecule has 0 aliphatic carbocycles. The Morgan fingerprint density at radius 3 is 2.56 bits per heavy atom. The largest absolute Gasteiger partial charge is 0.392 e. The van der Waals surface area contributed by atoms with Gasteiger partial charge in [-0.1, -0.05) is 30.3 Å². The van der Waals surface area contributed by atoms with Gasteiger partial charge in [-0.3, -0.25) is 4.90 Å². The maximum atomic E-state index is 13.8. The third kappa shape index (κ3) is 2.57. The monoisotopic (exact) mass is 227 g/mol. The highest BCUT2D eigenvalue weighted by atomic mass is 19.3. The molecule has 1 atom stereocenters. The van der Waals surface area contributed by atoms with E-state index in [0.29, 0.717) is 19.5 Å². The Kier molecular flexibility index (Phi) is 3.21. The van der Waals surface area contributed by atoms with Crippen molar-refractivity contribution in [3.63, 3.8) is 0 Å². The third-order valence-electron chi connectivity index (χ3n) is 2.87. The Morgan fingerprint density at radius 2 is 2.00 bits per heavy atom. The van der Waals surface area contributed by atoms with Crippen molar-refractivity contribution in [2.24, 2.45) is 0 Å². The van der Waals surface area contributed by atoms with Gasteiger partial charge in [0.25, 0.3) is 5.92 Å². The van der Waals surface area contributed by atoms with Crippen LogP contribution < -0.4 is 0 Å². The highest BCUT2D eigenvalue weighted by Crippen LogP contribution is 2.29. The molecule has 1 N–H and O–H groups in total. The first-order chi connectivity index (χ1) is 7.58. The number of rotatable bonds is 3. The van der Waals surface area contributed by atoms with E-state index in [1.807, 2.05) is 0 Å². The molecule has 2 rings (SSSR count). The topological polar surface area (TPSA) is 23.5 Å². The fraction of sp³-hybridized carbons (Fsp3) is 0.500. The zero-order valence-corrected chi connectivity index (χ0v) is 8.94. The molecule has 0 radical (unpaired) electrons. The van der Waals surface area contributed by atoms with Gasteiger partial charge in [0, 0.05) is 18.7 Å². The maximum absolute atomic E-state index is 13.8. The summed E-state index contributed by atoms with van der Waals surface area (Å²) in [5.74, 6) is -2.84. The lowest BCUT2D eigenvalue weighted by Crippen LogP contribution is -2.34. The maximum Gasteiger partial charge on any atom is 0.285 e. The van der Waals surface area contributed by atoms with Crippen LogP contribution in [0.3, 0.4) is 0 Å².